The van der Waals surface area contributed by atoms with Crippen LogP contribution in [0.3, 0.4) is 0 Å². The number of nitrogens with one attached hydrogen (secondary N) is 2. The summed E-state index contributed by atoms with van der Waals surface area (Å²) in [7, 11) is 1.94. The van der Waals surface area contributed by atoms with E-state index in [1.165, 1.54) is 18.6 Å². The van der Waals surface area contributed by atoms with Crippen LogP contribution >= 0.6 is 11.6 Å². The fourth-order valence-electron chi connectivity index (χ4n) is 2.73. The van der Waals surface area contributed by atoms with Gasteiger partial charge in [0.2, 0.25) is 5.91 Å². The fourth-order valence-corrected chi connectivity index (χ4v) is 2.89. The van der Waals surface area contributed by atoms with E-state index in [0.717, 1.165) is 26.1 Å². The van der Waals surface area contributed by atoms with Gasteiger partial charge in [-0.05, 0) is 57.1 Å². The number of benzene rings is 1. The molecule has 0 aliphatic carbocycles. The Morgan fingerprint density at radius 1 is 1.52 bits per heavy atom. The Morgan fingerprint density at radius 3 is 3.05 bits per heavy atom. The highest BCUT2D eigenvalue weighted by atomic mass is 35.5. The molecule has 1 aromatic carbocycles. The Labute approximate surface area is 129 Å². The van der Waals surface area contributed by atoms with E-state index in [2.05, 4.69) is 15.5 Å². The molecule has 0 aromatic heterocycles. The monoisotopic (exact) mass is 313 g/mol. The van der Waals surface area contributed by atoms with Gasteiger partial charge in [0.15, 0.2) is 0 Å². The Bertz CT molecular complexity index is 496. The molecule has 1 saturated heterocycles. The van der Waals surface area contributed by atoms with Gasteiger partial charge in [0.25, 0.3) is 0 Å². The van der Waals surface area contributed by atoms with Crippen molar-refractivity contribution < 1.29 is 9.18 Å². The summed E-state index contributed by atoms with van der Waals surface area (Å²) in [5.74, 6) is -0.132. The van der Waals surface area contributed by atoms with Crippen molar-refractivity contribution in [2.75, 3.05) is 38.5 Å². The number of hydrogen-bond donors (Lipinski definition) is 2. The SMILES string of the molecule is CNCC1CCCN(CC(=O)Nc2ccc(Cl)cc2F)C1. The van der Waals surface area contributed by atoms with Gasteiger partial charge in [-0.25, -0.2) is 4.39 Å². The lowest BCUT2D eigenvalue weighted by Crippen LogP contribution is -2.42. The largest absolute Gasteiger partial charge is 0.322 e. The van der Waals surface area contributed by atoms with E-state index in [4.69, 9.17) is 11.6 Å². The van der Waals surface area contributed by atoms with Crippen LogP contribution in [0.25, 0.3) is 0 Å². The second kappa shape index (κ2) is 7.73. The summed E-state index contributed by atoms with van der Waals surface area (Å²) in [5.41, 5.74) is 0.174. The number of anilines is 1. The third-order valence-corrected chi connectivity index (χ3v) is 3.90. The molecule has 2 N–H and O–H groups in total. The number of carbonyl (C=O) groups is 1. The summed E-state index contributed by atoms with van der Waals surface area (Å²) in [5, 5.41) is 6.09. The molecule has 1 unspecified atom stereocenters. The molecule has 0 radical (unpaired) electrons. The van der Waals surface area contributed by atoms with Crippen molar-refractivity contribution in [2.24, 2.45) is 5.92 Å². The number of piperidine rings is 1. The smallest absolute Gasteiger partial charge is 0.238 e. The van der Waals surface area contributed by atoms with Crippen LogP contribution in [0.5, 0.6) is 0 Å². The molecule has 1 heterocycles. The Balaban J connectivity index is 1.86. The maximum atomic E-state index is 13.6. The third-order valence-electron chi connectivity index (χ3n) is 3.67. The van der Waals surface area contributed by atoms with E-state index in [1.54, 1.807) is 6.07 Å². The molecule has 21 heavy (non-hydrogen) atoms. The third kappa shape index (κ3) is 4.95. The first-order chi connectivity index (χ1) is 10.1. The van der Waals surface area contributed by atoms with Crippen LogP contribution in [-0.4, -0.2) is 44.0 Å². The van der Waals surface area contributed by atoms with Crippen LogP contribution in [0.2, 0.25) is 5.02 Å². The minimum Gasteiger partial charge on any atom is -0.322 e. The summed E-state index contributed by atoms with van der Waals surface area (Å²) in [6, 6.07) is 4.24. The summed E-state index contributed by atoms with van der Waals surface area (Å²) in [4.78, 5) is 14.1. The minimum absolute atomic E-state index is 0.174. The van der Waals surface area contributed by atoms with E-state index < -0.39 is 5.82 Å². The second-order valence-corrected chi connectivity index (χ2v) is 5.91. The van der Waals surface area contributed by atoms with Crippen molar-refractivity contribution in [3.05, 3.63) is 29.0 Å². The summed E-state index contributed by atoms with van der Waals surface area (Å²) >= 11 is 5.69. The first kappa shape index (κ1) is 16.2. The predicted octanol–water partition coefficient (Wildman–Crippen LogP) is 2.35. The van der Waals surface area contributed by atoms with E-state index in [1.807, 2.05) is 7.05 Å². The lowest BCUT2D eigenvalue weighted by atomic mass is 9.98. The number of amides is 1. The molecule has 1 aliphatic heterocycles. The first-order valence-corrected chi connectivity index (χ1v) is 7.58. The lowest BCUT2D eigenvalue weighted by Gasteiger charge is -2.32. The van der Waals surface area contributed by atoms with Crippen LogP contribution in [0.15, 0.2) is 18.2 Å². The molecule has 0 bridgehead atoms. The summed E-state index contributed by atoms with van der Waals surface area (Å²) in [6.45, 7) is 3.07. The summed E-state index contributed by atoms with van der Waals surface area (Å²) < 4.78 is 13.6. The van der Waals surface area contributed by atoms with E-state index in [0.29, 0.717) is 17.5 Å². The van der Waals surface area contributed by atoms with Crippen LogP contribution in [0, 0.1) is 11.7 Å². The van der Waals surface area contributed by atoms with Crippen LogP contribution in [0.4, 0.5) is 10.1 Å². The molecule has 4 nitrogen and oxygen atoms in total. The zero-order valence-corrected chi connectivity index (χ0v) is 12.9. The number of hydrogen-bond acceptors (Lipinski definition) is 3. The number of likely N-dealkylation sites (tertiary alicyclic amines) is 1. The Kier molecular flexibility index (Phi) is 5.96. The molecule has 1 atom stereocenters. The predicted molar refractivity (Wildman–Crippen MR) is 83.1 cm³/mol. The molecule has 6 heteroatoms. The van der Waals surface area contributed by atoms with E-state index >= 15 is 0 Å². The van der Waals surface area contributed by atoms with Gasteiger partial charge >= 0.3 is 0 Å². The van der Waals surface area contributed by atoms with Crippen molar-refractivity contribution in [3.63, 3.8) is 0 Å². The number of carbonyl (C=O) groups excluding carboxylic acids is 1. The number of halogens is 2. The van der Waals surface area contributed by atoms with Gasteiger partial charge < -0.3 is 10.6 Å². The van der Waals surface area contributed by atoms with Crippen molar-refractivity contribution >= 4 is 23.2 Å². The maximum Gasteiger partial charge on any atom is 0.238 e. The van der Waals surface area contributed by atoms with Crippen LogP contribution in [0.1, 0.15) is 12.8 Å². The van der Waals surface area contributed by atoms with Gasteiger partial charge in [-0.2, -0.15) is 0 Å². The van der Waals surface area contributed by atoms with Gasteiger partial charge in [0.1, 0.15) is 5.82 Å². The number of rotatable bonds is 5. The van der Waals surface area contributed by atoms with Crippen LogP contribution in [-0.2, 0) is 4.79 Å². The Hall–Kier alpha value is -1.17. The topological polar surface area (TPSA) is 44.4 Å². The fraction of sp³-hybridized carbons (Fsp3) is 0.533. The van der Waals surface area contributed by atoms with Gasteiger partial charge in [-0.15, -0.1) is 0 Å². The highest BCUT2D eigenvalue weighted by molar-refractivity contribution is 6.30. The average Bonchev–Trinajstić information content (AvgIpc) is 2.43. The summed E-state index contributed by atoms with van der Waals surface area (Å²) in [6.07, 6.45) is 2.28. The average molecular weight is 314 g/mol. The molecule has 116 valence electrons. The van der Waals surface area contributed by atoms with Gasteiger partial charge in [-0.1, -0.05) is 11.6 Å². The molecule has 0 saturated carbocycles. The molecule has 1 amide bonds. The first-order valence-electron chi connectivity index (χ1n) is 7.20. The normalized spacial score (nSPS) is 19.5. The quantitative estimate of drug-likeness (QED) is 0.877. The lowest BCUT2D eigenvalue weighted by molar-refractivity contribution is -0.117. The van der Waals surface area contributed by atoms with Crippen LogP contribution < -0.4 is 10.6 Å². The molecule has 1 aliphatic rings. The van der Waals surface area contributed by atoms with Crippen molar-refractivity contribution in [2.45, 2.75) is 12.8 Å². The van der Waals surface area contributed by atoms with E-state index in [9.17, 15) is 9.18 Å². The van der Waals surface area contributed by atoms with E-state index in [-0.39, 0.29) is 11.6 Å². The number of nitrogens with zero attached hydrogens (tertiary/aromatic N) is 1. The Morgan fingerprint density at radius 2 is 2.33 bits per heavy atom. The van der Waals surface area contributed by atoms with Gasteiger partial charge in [0, 0.05) is 11.6 Å². The molecule has 1 aromatic rings. The van der Waals surface area contributed by atoms with Crippen molar-refractivity contribution in [3.8, 4) is 0 Å². The van der Waals surface area contributed by atoms with Crippen molar-refractivity contribution in [1.29, 1.82) is 0 Å². The minimum atomic E-state index is -0.512. The zero-order chi connectivity index (χ0) is 15.2. The van der Waals surface area contributed by atoms with Crippen molar-refractivity contribution in [1.82, 2.24) is 10.2 Å². The molecular formula is C15H21ClFN3O. The van der Waals surface area contributed by atoms with Gasteiger partial charge in [-0.3, -0.25) is 9.69 Å². The standard InChI is InChI=1S/C15H21ClFN3O/c1-18-8-11-3-2-6-20(9-11)10-15(21)19-14-5-4-12(16)7-13(14)17/h4-5,7,11,18H,2-3,6,8-10H2,1H3,(H,19,21). The molecule has 0 spiro atoms. The highest BCUT2D eigenvalue weighted by Crippen LogP contribution is 2.19. The molecule has 1 fully saturated rings. The van der Waals surface area contributed by atoms with Gasteiger partial charge in [0.05, 0.1) is 12.2 Å². The maximum absolute atomic E-state index is 13.6. The second-order valence-electron chi connectivity index (χ2n) is 5.47. The highest BCUT2D eigenvalue weighted by Gasteiger charge is 2.21. The molecular weight excluding hydrogens is 293 g/mol. The molecule has 2 rings (SSSR count). The zero-order valence-electron chi connectivity index (χ0n) is 12.2.